The van der Waals surface area contributed by atoms with Crippen molar-refractivity contribution in [1.29, 1.82) is 0 Å². The van der Waals surface area contributed by atoms with Crippen LogP contribution in [0.3, 0.4) is 0 Å². The maximum absolute atomic E-state index is 4.28. The lowest BCUT2D eigenvalue weighted by Gasteiger charge is -2.06. The van der Waals surface area contributed by atoms with Crippen LogP contribution in [0.1, 0.15) is 12.2 Å². The Morgan fingerprint density at radius 1 is 1.44 bits per heavy atom. The van der Waals surface area contributed by atoms with E-state index in [-0.39, 0.29) is 0 Å². The molecular weight excluding hydrogens is 286 g/mol. The zero-order chi connectivity index (χ0) is 11.0. The molecule has 5 heteroatoms. The fourth-order valence-corrected chi connectivity index (χ4v) is 3.68. The molecular formula is C11H12BrN3S. The number of pyridine rings is 1. The quantitative estimate of drug-likeness (QED) is 0.854. The van der Waals surface area contributed by atoms with Gasteiger partial charge in [0.2, 0.25) is 0 Å². The number of rotatable bonds is 2. The zero-order valence-corrected chi connectivity index (χ0v) is 11.2. The molecule has 3 nitrogen and oxygen atoms in total. The highest BCUT2D eigenvalue weighted by Crippen LogP contribution is 2.26. The molecule has 3 rings (SSSR count). The molecule has 0 radical (unpaired) electrons. The van der Waals surface area contributed by atoms with Crippen LogP contribution in [0.4, 0.5) is 0 Å². The molecule has 1 unspecified atom stereocenters. The molecule has 0 bridgehead atoms. The average Bonchev–Trinajstić information content (AvgIpc) is 2.90. The van der Waals surface area contributed by atoms with Crippen LogP contribution in [0, 0.1) is 5.92 Å². The number of hydrogen-bond acceptors (Lipinski definition) is 3. The van der Waals surface area contributed by atoms with Gasteiger partial charge in [0.05, 0.1) is 0 Å². The SMILES string of the molecule is Brc1ccc2nnc(CC3CCSC3)n2c1. The van der Waals surface area contributed by atoms with Crippen molar-refractivity contribution in [2.24, 2.45) is 5.92 Å². The van der Waals surface area contributed by atoms with E-state index >= 15 is 0 Å². The Morgan fingerprint density at radius 2 is 2.38 bits per heavy atom. The minimum absolute atomic E-state index is 0.774. The molecule has 2 aromatic rings. The fourth-order valence-electron chi connectivity index (χ4n) is 2.05. The molecule has 0 aliphatic carbocycles. The third-order valence-corrected chi connectivity index (χ3v) is 4.63. The Morgan fingerprint density at radius 3 is 3.19 bits per heavy atom. The van der Waals surface area contributed by atoms with Crippen LogP contribution >= 0.6 is 27.7 Å². The summed E-state index contributed by atoms with van der Waals surface area (Å²) in [6, 6.07) is 3.99. The second kappa shape index (κ2) is 4.37. The van der Waals surface area contributed by atoms with Crippen LogP contribution in [0.2, 0.25) is 0 Å². The Bertz CT molecular complexity index is 505. The summed E-state index contributed by atoms with van der Waals surface area (Å²) >= 11 is 5.53. The van der Waals surface area contributed by atoms with Crippen LogP contribution < -0.4 is 0 Å². The van der Waals surface area contributed by atoms with Gasteiger partial charge >= 0.3 is 0 Å². The Labute approximate surface area is 107 Å². The van der Waals surface area contributed by atoms with Crippen LogP contribution in [-0.4, -0.2) is 26.1 Å². The molecule has 0 N–H and O–H groups in total. The number of fused-ring (bicyclic) bond motifs is 1. The summed E-state index contributed by atoms with van der Waals surface area (Å²) in [7, 11) is 0. The second-order valence-corrected chi connectivity index (χ2v) is 6.19. The fraction of sp³-hybridized carbons (Fsp3) is 0.455. The second-order valence-electron chi connectivity index (χ2n) is 4.13. The van der Waals surface area contributed by atoms with Crippen molar-refractivity contribution in [2.75, 3.05) is 11.5 Å². The van der Waals surface area contributed by atoms with Gasteiger partial charge in [-0.2, -0.15) is 11.8 Å². The number of nitrogens with zero attached hydrogens (tertiary/aromatic N) is 3. The molecule has 1 aliphatic heterocycles. The lowest BCUT2D eigenvalue weighted by atomic mass is 10.1. The van der Waals surface area contributed by atoms with E-state index in [0.717, 1.165) is 28.3 Å². The molecule has 3 heterocycles. The van der Waals surface area contributed by atoms with E-state index in [1.807, 2.05) is 30.1 Å². The van der Waals surface area contributed by atoms with Crippen molar-refractivity contribution in [3.05, 3.63) is 28.6 Å². The smallest absolute Gasteiger partial charge is 0.160 e. The molecule has 84 valence electrons. The van der Waals surface area contributed by atoms with Gasteiger partial charge in [-0.25, -0.2) is 0 Å². The summed E-state index contributed by atoms with van der Waals surface area (Å²) in [6.45, 7) is 0. The molecule has 16 heavy (non-hydrogen) atoms. The molecule has 0 aromatic carbocycles. The summed E-state index contributed by atoms with van der Waals surface area (Å²) in [4.78, 5) is 0. The molecule has 1 fully saturated rings. The molecule has 1 aliphatic rings. The van der Waals surface area contributed by atoms with E-state index in [1.165, 1.54) is 17.9 Å². The first-order valence-electron chi connectivity index (χ1n) is 5.40. The first-order chi connectivity index (χ1) is 7.83. The normalized spacial score (nSPS) is 20.7. The van der Waals surface area contributed by atoms with Gasteiger partial charge in [-0.05, 0) is 51.9 Å². The molecule has 0 saturated carbocycles. The predicted molar refractivity (Wildman–Crippen MR) is 69.8 cm³/mol. The van der Waals surface area contributed by atoms with E-state index in [1.54, 1.807) is 0 Å². The van der Waals surface area contributed by atoms with Crippen molar-refractivity contribution < 1.29 is 0 Å². The lowest BCUT2D eigenvalue weighted by Crippen LogP contribution is -2.06. The van der Waals surface area contributed by atoms with Gasteiger partial charge in [-0.1, -0.05) is 0 Å². The van der Waals surface area contributed by atoms with E-state index in [9.17, 15) is 0 Å². The first-order valence-corrected chi connectivity index (χ1v) is 7.34. The van der Waals surface area contributed by atoms with Gasteiger partial charge in [-0.15, -0.1) is 10.2 Å². The Hall–Kier alpha value is -0.550. The summed E-state index contributed by atoms with van der Waals surface area (Å²) in [5.41, 5.74) is 0.934. The lowest BCUT2D eigenvalue weighted by molar-refractivity contribution is 0.572. The summed E-state index contributed by atoms with van der Waals surface area (Å²) < 4.78 is 3.16. The van der Waals surface area contributed by atoms with Crippen LogP contribution in [0.5, 0.6) is 0 Å². The van der Waals surface area contributed by atoms with Gasteiger partial charge in [0.25, 0.3) is 0 Å². The van der Waals surface area contributed by atoms with Crippen molar-refractivity contribution in [2.45, 2.75) is 12.8 Å². The van der Waals surface area contributed by atoms with Gasteiger partial charge < -0.3 is 0 Å². The largest absolute Gasteiger partial charge is 0.285 e. The Balaban J connectivity index is 1.93. The maximum Gasteiger partial charge on any atom is 0.160 e. The van der Waals surface area contributed by atoms with Crippen LogP contribution in [0.15, 0.2) is 22.8 Å². The highest BCUT2D eigenvalue weighted by atomic mass is 79.9. The number of hydrogen-bond donors (Lipinski definition) is 0. The summed E-state index contributed by atoms with van der Waals surface area (Å²) in [6.07, 6.45) is 4.41. The van der Waals surface area contributed by atoms with Crippen molar-refractivity contribution >= 4 is 33.3 Å². The maximum atomic E-state index is 4.28. The average molecular weight is 298 g/mol. The highest BCUT2D eigenvalue weighted by molar-refractivity contribution is 9.10. The van der Waals surface area contributed by atoms with Gasteiger partial charge in [0.1, 0.15) is 5.82 Å². The standard InChI is InChI=1S/C11H12BrN3S/c12-9-1-2-10-13-14-11(15(10)6-9)5-8-3-4-16-7-8/h1-2,6,8H,3-5,7H2. The number of aromatic nitrogens is 3. The van der Waals surface area contributed by atoms with Crippen LogP contribution in [-0.2, 0) is 6.42 Å². The number of thioether (sulfide) groups is 1. The van der Waals surface area contributed by atoms with E-state index in [2.05, 4.69) is 30.5 Å². The van der Waals surface area contributed by atoms with Crippen molar-refractivity contribution in [3.63, 3.8) is 0 Å². The highest BCUT2D eigenvalue weighted by Gasteiger charge is 2.18. The molecule has 0 spiro atoms. The van der Waals surface area contributed by atoms with Crippen molar-refractivity contribution in [1.82, 2.24) is 14.6 Å². The van der Waals surface area contributed by atoms with Gasteiger partial charge in [0, 0.05) is 17.1 Å². The third kappa shape index (κ3) is 1.98. The monoisotopic (exact) mass is 297 g/mol. The minimum atomic E-state index is 0.774. The molecule has 2 aromatic heterocycles. The number of halogens is 1. The topological polar surface area (TPSA) is 30.2 Å². The van der Waals surface area contributed by atoms with Crippen LogP contribution in [0.25, 0.3) is 5.65 Å². The zero-order valence-electron chi connectivity index (χ0n) is 8.77. The van der Waals surface area contributed by atoms with E-state index < -0.39 is 0 Å². The van der Waals surface area contributed by atoms with E-state index in [0.29, 0.717) is 0 Å². The minimum Gasteiger partial charge on any atom is -0.285 e. The summed E-state index contributed by atoms with van der Waals surface area (Å²) in [5.74, 6) is 4.42. The van der Waals surface area contributed by atoms with E-state index in [4.69, 9.17) is 0 Å². The third-order valence-electron chi connectivity index (χ3n) is 2.93. The molecule has 1 atom stereocenters. The first kappa shape index (κ1) is 10.6. The Kier molecular flexibility index (Phi) is 2.90. The molecule has 1 saturated heterocycles. The van der Waals surface area contributed by atoms with Gasteiger partial charge in [0.15, 0.2) is 5.65 Å². The summed E-state index contributed by atoms with van der Waals surface area (Å²) in [5, 5.41) is 8.47. The predicted octanol–water partition coefficient (Wildman–Crippen LogP) is 2.79. The van der Waals surface area contributed by atoms with Crippen molar-refractivity contribution in [3.8, 4) is 0 Å². The molecule has 0 amide bonds. The van der Waals surface area contributed by atoms with Gasteiger partial charge in [-0.3, -0.25) is 4.40 Å².